The van der Waals surface area contributed by atoms with Crippen LogP contribution in [0.5, 0.6) is 0 Å². The molecule has 2 nitrogen and oxygen atoms in total. The fourth-order valence-electron chi connectivity index (χ4n) is 1.85. The third kappa shape index (κ3) is 2.49. The van der Waals surface area contributed by atoms with Gasteiger partial charge in [0.1, 0.15) is 0 Å². The summed E-state index contributed by atoms with van der Waals surface area (Å²) in [5.41, 5.74) is 0.980. The molecule has 1 aromatic carbocycles. The van der Waals surface area contributed by atoms with E-state index in [1.807, 2.05) is 13.0 Å². The zero-order valence-corrected chi connectivity index (χ0v) is 9.74. The van der Waals surface area contributed by atoms with E-state index in [0.29, 0.717) is 17.5 Å². The SMILES string of the molecule is CCCCC(=O)c1cc(F)nc2ccccc12. The first-order valence-electron chi connectivity index (χ1n) is 5.81. The van der Waals surface area contributed by atoms with E-state index in [9.17, 15) is 9.18 Å². The van der Waals surface area contributed by atoms with Crippen LogP contribution < -0.4 is 0 Å². The van der Waals surface area contributed by atoms with Crippen molar-refractivity contribution in [2.45, 2.75) is 26.2 Å². The van der Waals surface area contributed by atoms with E-state index in [1.54, 1.807) is 18.2 Å². The van der Waals surface area contributed by atoms with Gasteiger partial charge in [-0.05, 0) is 12.5 Å². The summed E-state index contributed by atoms with van der Waals surface area (Å²) < 4.78 is 13.3. The number of hydrogen-bond donors (Lipinski definition) is 0. The third-order valence-electron chi connectivity index (χ3n) is 2.74. The zero-order valence-electron chi connectivity index (χ0n) is 9.74. The average Bonchev–Trinajstić information content (AvgIpc) is 2.34. The number of ketones is 1. The normalized spacial score (nSPS) is 10.7. The molecule has 0 bridgehead atoms. The van der Waals surface area contributed by atoms with Gasteiger partial charge in [-0.1, -0.05) is 31.5 Å². The molecule has 0 saturated carbocycles. The highest BCUT2D eigenvalue weighted by Crippen LogP contribution is 2.20. The number of hydrogen-bond acceptors (Lipinski definition) is 2. The number of benzene rings is 1. The predicted molar refractivity (Wildman–Crippen MR) is 65.6 cm³/mol. The van der Waals surface area contributed by atoms with Gasteiger partial charge in [-0.3, -0.25) is 4.79 Å². The first kappa shape index (κ1) is 11.7. The second-order valence-corrected chi connectivity index (χ2v) is 4.04. The summed E-state index contributed by atoms with van der Waals surface area (Å²) in [5.74, 6) is -0.604. The van der Waals surface area contributed by atoms with Crippen molar-refractivity contribution in [2.75, 3.05) is 0 Å². The third-order valence-corrected chi connectivity index (χ3v) is 2.74. The highest BCUT2D eigenvalue weighted by atomic mass is 19.1. The molecule has 0 N–H and O–H groups in total. The van der Waals surface area contributed by atoms with Crippen molar-refractivity contribution in [2.24, 2.45) is 0 Å². The lowest BCUT2D eigenvalue weighted by atomic mass is 10.0. The van der Waals surface area contributed by atoms with Crippen molar-refractivity contribution < 1.29 is 9.18 Å². The molecule has 1 aromatic heterocycles. The van der Waals surface area contributed by atoms with Gasteiger partial charge >= 0.3 is 0 Å². The molecule has 0 radical (unpaired) electrons. The monoisotopic (exact) mass is 231 g/mol. The summed E-state index contributed by atoms with van der Waals surface area (Å²) in [6, 6.07) is 8.38. The summed E-state index contributed by atoms with van der Waals surface area (Å²) >= 11 is 0. The summed E-state index contributed by atoms with van der Waals surface area (Å²) in [6.07, 6.45) is 2.25. The first-order valence-corrected chi connectivity index (χ1v) is 5.81. The van der Waals surface area contributed by atoms with Crippen LogP contribution in [-0.4, -0.2) is 10.8 Å². The predicted octanol–water partition coefficient (Wildman–Crippen LogP) is 3.75. The van der Waals surface area contributed by atoms with Gasteiger partial charge in [0.15, 0.2) is 5.78 Å². The number of fused-ring (bicyclic) bond motifs is 1. The van der Waals surface area contributed by atoms with Crippen molar-refractivity contribution in [3.05, 3.63) is 41.8 Å². The number of Topliss-reactive ketones (excluding diaryl/α,β-unsaturated/α-hetero) is 1. The van der Waals surface area contributed by atoms with E-state index in [0.717, 1.165) is 18.2 Å². The van der Waals surface area contributed by atoms with E-state index < -0.39 is 5.95 Å². The van der Waals surface area contributed by atoms with Crippen molar-refractivity contribution in [3.63, 3.8) is 0 Å². The van der Waals surface area contributed by atoms with Crippen molar-refractivity contribution in [1.29, 1.82) is 0 Å². The topological polar surface area (TPSA) is 30.0 Å². The van der Waals surface area contributed by atoms with Gasteiger partial charge in [0, 0.05) is 23.4 Å². The molecule has 0 saturated heterocycles. The van der Waals surface area contributed by atoms with Gasteiger partial charge in [-0.25, -0.2) is 4.98 Å². The number of halogens is 1. The zero-order chi connectivity index (χ0) is 12.3. The number of aromatic nitrogens is 1. The van der Waals surface area contributed by atoms with Crippen molar-refractivity contribution in [3.8, 4) is 0 Å². The summed E-state index contributed by atoms with van der Waals surface area (Å²) in [6.45, 7) is 2.03. The number of para-hydroxylation sites is 1. The minimum absolute atomic E-state index is 0.00986. The number of unbranched alkanes of at least 4 members (excludes halogenated alkanes) is 1. The van der Waals surface area contributed by atoms with Crippen LogP contribution in [0.2, 0.25) is 0 Å². The molecule has 88 valence electrons. The molecule has 0 aliphatic rings. The number of pyridine rings is 1. The van der Waals surface area contributed by atoms with Gasteiger partial charge in [-0.2, -0.15) is 4.39 Å². The fraction of sp³-hybridized carbons (Fsp3) is 0.286. The molecule has 0 spiro atoms. The molecule has 2 rings (SSSR count). The molecule has 0 atom stereocenters. The van der Waals surface area contributed by atoms with Crippen LogP contribution in [0.3, 0.4) is 0 Å². The Balaban J connectivity index is 2.48. The average molecular weight is 231 g/mol. The Kier molecular flexibility index (Phi) is 3.47. The van der Waals surface area contributed by atoms with Crippen LogP contribution in [0.4, 0.5) is 4.39 Å². The Labute approximate surface area is 99.5 Å². The summed E-state index contributed by atoms with van der Waals surface area (Å²) in [5, 5.41) is 0.731. The highest BCUT2D eigenvalue weighted by Gasteiger charge is 2.12. The lowest BCUT2D eigenvalue weighted by Crippen LogP contribution is -2.02. The van der Waals surface area contributed by atoms with Crippen LogP contribution in [-0.2, 0) is 0 Å². The van der Waals surface area contributed by atoms with Gasteiger partial charge in [-0.15, -0.1) is 0 Å². The molecular weight excluding hydrogens is 217 g/mol. The van der Waals surface area contributed by atoms with Crippen molar-refractivity contribution in [1.82, 2.24) is 4.98 Å². The van der Waals surface area contributed by atoms with Gasteiger partial charge in [0.2, 0.25) is 5.95 Å². The maximum atomic E-state index is 13.3. The largest absolute Gasteiger partial charge is 0.294 e. The fourth-order valence-corrected chi connectivity index (χ4v) is 1.85. The molecule has 17 heavy (non-hydrogen) atoms. The van der Waals surface area contributed by atoms with E-state index in [2.05, 4.69) is 4.98 Å². The Hall–Kier alpha value is -1.77. The Morgan fingerprint density at radius 2 is 2.12 bits per heavy atom. The molecular formula is C14H14FNO. The Bertz CT molecular complexity index is 551. The maximum absolute atomic E-state index is 13.3. The molecule has 1 heterocycles. The van der Waals surface area contributed by atoms with Gasteiger partial charge in [0.25, 0.3) is 0 Å². The quantitative estimate of drug-likeness (QED) is 0.592. The lowest BCUT2D eigenvalue weighted by molar-refractivity contribution is 0.0981. The summed E-state index contributed by atoms with van der Waals surface area (Å²) in [4.78, 5) is 15.8. The van der Waals surface area contributed by atoms with E-state index in [4.69, 9.17) is 0 Å². The van der Waals surface area contributed by atoms with Gasteiger partial charge < -0.3 is 0 Å². The second-order valence-electron chi connectivity index (χ2n) is 4.04. The molecule has 0 aliphatic heterocycles. The number of carbonyl (C=O) groups is 1. The minimum Gasteiger partial charge on any atom is -0.294 e. The highest BCUT2D eigenvalue weighted by molar-refractivity contribution is 6.07. The Morgan fingerprint density at radius 3 is 2.88 bits per heavy atom. The second kappa shape index (κ2) is 5.04. The molecule has 2 aromatic rings. The smallest absolute Gasteiger partial charge is 0.214 e. The molecule has 0 fully saturated rings. The molecule has 3 heteroatoms. The minimum atomic E-state index is -0.594. The maximum Gasteiger partial charge on any atom is 0.214 e. The van der Waals surface area contributed by atoms with E-state index in [-0.39, 0.29) is 5.78 Å². The van der Waals surface area contributed by atoms with Crippen LogP contribution in [0.1, 0.15) is 36.5 Å². The van der Waals surface area contributed by atoms with Crippen LogP contribution >= 0.6 is 0 Å². The molecule has 0 aliphatic carbocycles. The number of rotatable bonds is 4. The van der Waals surface area contributed by atoms with E-state index >= 15 is 0 Å². The van der Waals surface area contributed by atoms with Crippen LogP contribution in [0.15, 0.2) is 30.3 Å². The standard InChI is InChI=1S/C14H14FNO/c1-2-3-8-13(17)11-9-14(15)16-12-7-5-4-6-10(11)12/h4-7,9H,2-3,8H2,1H3. The summed E-state index contributed by atoms with van der Waals surface area (Å²) in [7, 11) is 0. The first-order chi connectivity index (χ1) is 8.22. The molecule has 0 amide bonds. The van der Waals surface area contributed by atoms with Crippen LogP contribution in [0, 0.1) is 5.95 Å². The van der Waals surface area contributed by atoms with E-state index in [1.165, 1.54) is 6.07 Å². The van der Waals surface area contributed by atoms with Crippen LogP contribution in [0.25, 0.3) is 10.9 Å². The van der Waals surface area contributed by atoms with Crippen molar-refractivity contribution >= 4 is 16.7 Å². The van der Waals surface area contributed by atoms with Gasteiger partial charge in [0.05, 0.1) is 5.52 Å². The number of nitrogens with zero attached hydrogens (tertiary/aromatic N) is 1. The lowest BCUT2D eigenvalue weighted by Gasteiger charge is -2.05. The number of carbonyl (C=O) groups excluding carboxylic acids is 1. The Morgan fingerprint density at radius 1 is 1.35 bits per heavy atom. The molecule has 0 unspecified atom stereocenters.